The van der Waals surface area contributed by atoms with Crippen molar-refractivity contribution < 1.29 is 36.6 Å². The first-order chi connectivity index (χ1) is 10.0. The van der Waals surface area contributed by atoms with E-state index in [-0.39, 0.29) is 6.54 Å². The molecule has 0 aliphatic heterocycles. The van der Waals surface area contributed by atoms with E-state index in [0.717, 1.165) is 0 Å². The molecule has 3 N–H and O–H groups in total. The molecule has 0 heterocycles. The minimum atomic E-state index is -5.51. The molecule has 0 spiro atoms. The quantitative estimate of drug-likeness (QED) is 0.555. The number of alkyl halides is 6. The van der Waals surface area contributed by atoms with Crippen LogP contribution >= 0.6 is 0 Å². The Morgan fingerprint density at radius 2 is 1.41 bits per heavy atom. The third kappa shape index (κ3) is 5.82. The number of aliphatic hydroxyl groups excluding tert-OH is 1. The molecule has 126 valence electrons. The second kappa shape index (κ2) is 7.30. The molecule has 3 nitrogen and oxygen atoms in total. The zero-order valence-corrected chi connectivity index (χ0v) is 11.2. The van der Waals surface area contributed by atoms with Gasteiger partial charge < -0.3 is 15.5 Å². The van der Waals surface area contributed by atoms with E-state index in [1.54, 1.807) is 30.3 Å². The highest BCUT2D eigenvalue weighted by atomic mass is 19.4. The van der Waals surface area contributed by atoms with Crippen LogP contribution in [0.15, 0.2) is 30.3 Å². The summed E-state index contributed by atoms with van der Waals surface area (Å²) in [5.41, 5.74) is 0.587. The van der Waals surface area contributed by atoms with E-state index in [1.807, 2.05) is 0 Å². The average Bonchev–Trinajstić information content (AvgIpc) is 2.36. The fraction of sp³-hybridized carbons (Fsp3) is 0.538. The molecule has 1 rings (SSSR count). The Kier molecular flexibility index (Phi) is 6.21. The summed E-state index contributed by atoms with van der Waals surface area (Å²) >= 11 is 0. The Balaban J connectivity index is 2.78. The molecule has 0 aromatic heterocycles. The highest BCUT2D eigenvalue weighted by Crippen LogP contribution is 2.42. The molecule has 0 bridgehead atoms. The van der Waals surface area contributed by atoms with Gasteiger partial charge in [0.1, 0.15) is 0 Å². The van der Waals surface area contributed by atoms with Gasteiger partial charge in [-0.1, -0.05) is 30.3 Å². The lowest BCUT2D eigenvalue weighted by Gasteiger charge is -2.28. The number of benzene rings is 1. The SMILES string of the molecule is OC(O)C(CC(C(F)(F)F)C(F)(F)F)NCc1ccccc1. The number of hydrogen-bond acceptors (Lipinski definition) is 3. The van der Waals surface area contributed by atoms with Gasteiger partial charge in [-0.25, -0.2) is 0 Å². The maximum Gasteiger partial charge on any atom is 0.400 e. The van der Waals surface area contributed by atoms with Gasteiger partial charge >= 0.3 is 12.4 Å². The highest BCUT2D eigenvalue weighted by Gasteiger charge is 2.57. The molecule has 0 amide bonds. The van der Waals surface area contributed by atoms with E-state index in [0.29, 0.717) is 5.56 Å². The van der Waals surface area contributed by atoms with Crippen LogP contribution in [0.3, 0.4) is 0 Å². The van der Waals surface area contributed by atoms with E-state index in [2.05, 4.69) is 5.32 Å². The Labute approximate surface area is 122 Å². The summed E-state index contributed by atoms with van der Waals surface area (Å²) in [6, 6.07) is 6.38. The Hall–Kier alpha value is -1.32. The van der Waals surface area contributed by atoms with Crippen molar-refractivity contribution in [3.63, 3.8) is 0 Å². The normalized spacial score (nSPS) is 14.6. The Morgan fingerprint density at radius 1 is 0.909 bits per heavy atom. The molecule has 0 aliphatic rings. The smallest absolute Gasteiger partial charge is 0.367 e. The first kappa shape index (κ1) is 18.7. The lowest BCUT2D eigenvalue weighted by Crippen LogP contribution is -2.47. The van der Waals surface area contributed by atoms with Gasteiger partial charge in [-0.05, 0) is 12.0 Å². The van der Waals surface area contributed by atoms with Crippen molar-refractivity contribution in [2.75, 3.05) is 0 Å². The molecule has 1 unspecified atom stereocenters. The fourth-order valence-corrected chi connectivity index (χ4v) is 1.86. The van der Waals surface area contributed by atoms with E-state index in [1.165, 1.54) is 0 Å². The van der Waals surface area contributed by atoms with Crippen LogP contribution in [0.2, 0.25) is 0 Å². The zero-order chi connectivity index (χ0) is 17.0. The molecule has 0 saturated heterocycles. The third-order valence-electron chi connectivity index (χ3n) is 3.05. The predicted octanol–water partition coefficient (Wildman–Crippen LogP) is 2.59. The number of aliphatic hydroxyl groups is 2. The average molecular weight is 331 g/mol. The molecule has 1 atom stereocenters. The summed E-state index contributed by atoms with van der Waals surface area (Å²) in [6.07, 6.45) is -14.9. The maximum atomic E-state index is 12.5. The Morgan fingerprint density at radius 3 is 1.82 bits per heavy atom. The predicted molar refractivity (Wildman–Crippen MR) is 65.5 cm³/mol. The topological polar surface area (TPSA) is 52.5 Å². The van der Waals surface area contributed by atoms with Crippen LogP contribution in [0.4, 0.5) is 26.3 Å². The van der Waals surface area contributed by atoms with Gasteiger partial charge in [0.05, 0.1) is 6.04 Å². The summed E-state index contributed by atoms with van der Waals surface area (Å²) in [7, 11) is 0. The van der Waals surface area contributed by atoms with Crippen LogP contribution in [0.5, 0.6) is 0 Å². The fourth-order valence-electron chi connectivity index (χ4n) is 1.86. The van der Waals surface area contributed by atoms with Gasteiger partial charge in [-0.2, -0.15) is 26.3 Å². The van der Waals surface area contributed by atoms with Crippen LogP contribution in [0, 0.1) is 5.92 Å². The lowest BCUT2D eigenvalue weighted by atomic mass is 9.98. The number of hydrogen-bond donors (Lipinski definition) is 3. The van der Waals surface area contributed by atoms with Gasteiger partial charge in [0, 0.05) is 6.54 Å². The van der Waals surface area contributed by atoms with Crippen molar-refractivity contribution >= 4 is 0 Å². The van der Waals surface area contributed by atoms with Crippen molar-refractivity contribution in [2.45, 2.75) is 37.7 Å². The molecule has 0 saturated carbocycles. The van der Waals surface area contributed by atoms with Crippen molar-refractivity contribution in [3.05, 3.63) is 35.9 Å². The first-order valence-corrected chi connectivity index (χ1v) is 6.28. The molecule has 1 aromatic carbocycles. The number of halogens is 6. The molecule has 1 aromatic rings. The second-order valence-corrected chi connectivity index (χ2v) is 4.76. The van der Waals surface area contributed by atoms with Crippen LogP contribution < -0.4 is 5.32 Å². The molecule has 0 radical (unpaired) electrons. The van der Waals surface area contributed by atoms with E-state index < -0.39 is 37.0 Å². The van der Waals surface area contributed by atoms with Gasteiger partial charge in [-0.3, -0.25) is 0 Å². The van der Waals surface area contributed by atoms with Gasteiger partial charge in [0.25, 0.3) is 0 Å². The summed E-state index contributed by atoms with van der Waals surface area (Å²) < 4.78 is 75.0. The Bertz CT molecular complexity index is 432. The van der Waals surface area contributed by atoms with E-state index in [4.69, 9.17) is 10.2 Å². The molecule has 22 heavy (non-hydrogen) atoms. The maximum absolute atomic E-state index is 12.5. The first-order valence-electron chi connectivity index (χ1n) is 6.28. The minimum absolute atomic E-state index is 0.0917. The summed E-state index contributed by atoms with van der Waals surface area (Å²) in [4.78, 5) is 0. The summed E-state index contributed by atoms with van der Waals surface area (Å²) in [5.74, 6) is -3.63. The molecule has 0 fully saturated rings. The van der Waals surface area contributed by atoms with Crippen molar-refractivity contribution in [1.29, 1.82) is 0 Å². The molecule has 0 aliphatic carbocycles. The van der Waals surface area contributed by atoms with E-state index >= 15 is 0 Å². The van der Waals surface area contributed by atoms with Gasteiger partial charge in [0.15, 0.2) is 12.2 Å². The van der Waals surface area contributed by atoms with Crippen LogP contribution in [0.1, 0.15) is 12.0 Å². The second-order valence-electron chi connectivity index (χ2n) is 4.76. The summed E-state index contributed by atoms with van der Waals surface area (Å²) in [5, 5.41) is 20.4. The third-order valence-corrected chi connectivity index (χ3v) is 3.05. The number of rotatable bonds is 6. The van der Waals surface area contributed by atoms with Crippen molar-refractivity contribution in [2.24, 2.45) is 5.92 Å². The van der Waals surface area contributed by atoms with Crippen LogP contribution in [-0.2, 0) is 6.54 Å². The summed E-state index contributed by atoms with van der Waals surface area (Å²) in [6.45, 7) is -0.0917. The van der Waals surface area contributed by atoms with Crippen molar-refractivity contribution in [3.8, 4) is 0 Å². The molecular weight excluding hydrogens is 316 g/mol. The monoisotopic (exact) mass is 331 g/mol. The molecule has 9 heteroatoms. The highest BCUT2D eigenvalue weighted by molar-refractivity contribution is 5.14. The van der Waals surface area contributed by atoms with Gasteiger partial charge in [-0.15, -0.1) is 0 Å². The van der Waals surface area contributed by atoms with Gasteiger partial charge in [0.2, 0.25) is 0 Å². The number of nitrogens with one attached hydrogen (secondary N) is 1. The van der Waals surface area contributed by atoms with E-state index in [9.17, 15) is 26.3 Å². The minimum Gasteiger partial charge on any atom is -0.367 e. The van der Waals surface area contributed by atoms with Crippen molar-refractivity contribution in [1.82, 2.24) is 5.32 Å². The molecular formula is C13H15F6NO2. The lowest BCUT2D eigenvalue weighted by molar-refractivity contribution is -0.289. The largest absolute Gasteiger partial charge is 0.400 e. The van der Waals surface area contributed by atoms with Crippen LogP contribution in [0.25, 0.3) is 0 Å². The zero-order valence-electron chi connectivity index (χ0n) is 11.2. The van der Waals surface area contributed by atoms with Crippen LogP contribution in [-0.4, -0.2) is 34.9 Å². The standard InChI is InChI=1S/C13H15F6NO2/c14-12(15,16)10(13(17,18)19)6-9(11(21)22)20-7-8-4-2-1-3-5-8/h1-5,9-11,20-22H,6-7H2.